The van der Waals surface area contributed by atoms with Crippen LogP contribution in [0, 0.1) is 11.6 Å². The van der Waals surface area contributed by atoms with E-state index < -0.39 is 29.5 Å². The van der Waals surface area contributed by atoms with Crippen molar-refractivity contribution < 1.29 is 23.5 Å². The Hall–Kier alpha value is -3.42. The summed E-state index contributed by atoms with van der Waals surface area (Å²) in [5, 5.41) is 13.4. The summed E-state index contributed by atoms with van der Waals surface area (Å²) in [6, 6.07) is 7.05. The topological polar surface area (TPSA) is 97.3 Å². The van der Waals surface area contributed by atoms with Crippen LogP contribution in [0.1, 0.15) is 53.9 Å². The lowest BCUT2D eigenvalue weighted by Crippen LogP contribution is -2.20. The molecular weight excluding hydrogens is 392 g/mol. The number of nitrogens with one attached hydrogen (secondary N) is 1. The van der Waals surface area contributed by atoms with Crippen molar-refractivity contribution in [1.82, 2.24) is 4.57 Å². The van der Waals surface area contributed by atoms with Gasteiger partial charge in [-0.3, -0.25) is 4.79 Å². The van der Waals surface area contributed by atoms with Crippen LogP contribution in [-0.2, 0) is 0 Å². The molecule has 4 rings (SSSR count). The molecule has 0 aliphatic heterocycles. The van der Waals surface area contributed by atoms with E-state index in [-0.39, 0.29) is 17.2 Å². The lowest BCUT2D eigenvalue weighted by atomic mass is 9.83. The van der Waals surface area contributed by atoms with E-state index in [1.165, 1.54) is 0 Å². The number of aromatic nitrogens is 1. The standard InChI is InChI=1S/C22H21F2N3O3/c23-13-9-10-17(16(24)11-13)26-20(28)18-15-8-4-7-14(12-5-2-1-3-6-12)19(15)27(21(18)29)22(25)30/h4,7-12,29H,1-3,5-6H2,(H2,25,30)(H,26,28). The zero-order valence-corrected chi connectivity index (χ0v) is 16.1. The maximum Gasteiger partial charge on any atom is 0.326 e. The second-order valence-electron chi connectivity index (χ2n) is 7.53. The Bertz CT molecular complexity index is 1150. The third-order valence-corrected chi connectivity index (χ3v) is 5.67. The normalized spacial score (nSPS) is 14.7. The van der Waals surface area contributed by atoms with E-state index in [9.17, 15) is 23.5 Å². The lowest BCUT2D eigenvalue weighted by molar-refractivity contribution is 0.102. The molecule has 4 N–H and O–H groups in total. The molecule has 2 aromatic carbocycles. The summed E-state index contributed by atoms with van der Waals surface area (Å²) in [5.41, 5.74) is 6.31. The Kier molecular flexibility index (Phi) is 5.15. The number of amides is 2. The zero-order valence-electron chi connectivity index (χ0n) is 16.1. The van der Waals surface area contributed by atoms with Crippen molar-refractivity contribution in [3.63, 3.8) is 0 Å². The fraction of sp³-hybridized carbons (Fsp3) is 0.273. The van der Waals surface area contributed by atoms with Crippen molar-refractivity contribution in [2.75, 3.05) is 5.32 Å². The number of benzene rings is 2. The average molecular weight is 413 g/mol. The number of rotatable bonds is 3. The van der Waals surface area contributed by atoms with Crippen LogP contribution >= 0.6 is 0 Å². The molecule has 30 heavy (non-hydrogen) atoms. The predicted molar refractivity (Wildman–Crippen MR) is 109 cm³/mol. The number of hydrogen-bond donors (Lipinski definition) is 3. The third kappa shape index (κ3) is 3.38. The number of aromatic hydroxyl groups is 1. The number of para-hydroxylation sites is 1. The molecule has 3 aromatic rings. The van der Waals surface area contributed by atoms with Gasteiger partial charge in [-0.15, -0.1) is 0 Å². The minimum Gasteiger partial charge on any atom is -0.494 e. The molecule has 1 heterocycles. The van der Waals surface area contributed by atoms with Gasteiger partial charge >= 0.3 is 6.03 Å². The summed E-state index contributed by atoms with van der Waals surface area (Å²) in [6.07, 6.45) is 5.13. The molecule has 1 saturated carbocycles. The summed E-state index contributed by atoms with van der Waals surface area (Å²) < 4.78 is 28.1. The highest BCUT2D eigenvalue weighted by atomic mass is 19.1. The van der Waals surface area contributed by atoms with Gasteiger partial charge in [-0.1, -0.05) is 37.5 Å². The van der Waals surface area contributed by atoms with E-state index >= 15 is 0 Å². The van der Waals surface area contributed by atoms with Crippen molar-refractivity contribution in [3.8, 4) is 5.88 Å². The van der Waals surface area contributed by atoms with Crippen LogP contribution in [0.3, 0.4) is 0 Å². The quantitative estimate of drug-likeness (QED) is 0.572. The van der Waals surface area contributed by atoms with Crippen LogP contribution < -0.4 is 11.1 Å². The fourth-order valence-corrected chi connectivity index (χ4v) is 4.31. The second kappa shape index (κ2) is 7.78. The highest BCUT2D eigenvalue weighted by Crippen LogP contribution is 2.40. The molecule has 2 amide bonds. The van der Waals surface area contributed by atoms with Crippen molar-refractivity contribution in [2.45, 2.75) is 38.0 Å². The molecule has 1 aliphatic rings. The number of carbonyl (C=O) groups excluding carboxylic acids is 2. The summed E-state index contributed by atoms with van der Waals surface area (Å²) in [5.74, 6) is -3.00. The van der Waals surface area contributed by atoms with E-state index in [0.717, 1.165) is 54.4 Å². The van der Waals surface area contributed by atoms with Gasteiger partial charge in [0.2, 0.25) is 5.88 Å². The third-order valence-electron chi connectivity index (χ3n) is 5.67. The number of primary amides is 1. The Morgan fingerprint density at radius 1 is 1.10 bits per heavy atom. The Morgan fingerprint density at radius 2 is 1.83 bits per heavy atom. The average Bonchev–Trinajstić information content (AvgIpc) is 3.02. The second-order valence-corrected chi connectivity index (χ2v) is 7.53. The summed E-state index contributed by atoms with van der Waals surface area (Å²) >= 11 is 0. The van der Waals surface area contributed by atoms with Crippen molar-refractivity contribution in [2.24, 2.45) is 5.73 Å². The first-order chi connectivity index (χ1) is 14.4. The van der Waals surface area contributed by atoms with Gasteiger partial charge in [-0.2, -0.15) is 0 Å². The Labute approximate surface area is 171 Å². The van der Waals surface area contributed by atoms with Gasteiger partial charge in [-0.25, -0.2) is 18.1 Å². The van der Waals surface area contributed by atoms with Crippen LogP contribution in [0.15, 0.2) is 36.4 Å². The predicted octanol–water partition coefficient (Wildman–Crippen LogP) is 4.85. The van der Waals surface area contributed by atoms with Crippen molar-refractivity contribution in [1.29, 1.82) is 0 Å². The Morgan fingerprint density at radius 3 is 2.50 bits per heavy atom. The van der Waals surface area contributed by atoms with Gasteiger partial charge < -0.3 is 16.2 Å². The molecule has 8 heteroatoms. The van der Waals surface area contributed by atoms with E-state index in [1.54, 1.807) is 12.1 Å². The van der Waals surface area contributed by atoms with E-state index in [1.807, 2.05) is 6.07 Å². The van der Waals surface area contributed by atoms with Crippen LogP contribution in [0.5, 0.6) is 5.88 Å². The number of nitrogens with zero attached hydrogens (tertiary/aromatic N) is 1. The largest absolute Gasteiger partial charge is 0.494 e. The van der Waals surface area contributed by atoms with Gasteiger partial charge in [0.1, 0.15) is 17.2 Å². The van der Waals surface area contributed by atoms with Gasteiger partial charge in [0.25, 0.3) is 5.91 Å². The molecule has 156 valence electrons. The minimum atomic E-state index is -0.954. The molecule has 0 saturated heterocycles. The van der Waals surface area contributed by atoms with E-state index in [4.69, 9.17) is 5.73 Å². The van der Waals surface area contributed by atoms with Crippen LogP contribution in [0.25, 0.3) is 10.9 Å². The van der Waals surface area contributed by atoms with Crippen LogP contribution in [0.4, 0.5) is 19.3 Å². The molecule has 0 spiro atoms. The van der Waals surface area contributed by atoms with Gasteiger partial charge in [0.15, 0.2) is 0 Å². The van der Waals surface area contributed by atoms with E-state index in [2.05, 4.69) is 5.32 Å². The van der Waals surface area contributed by atoms with Crippen molar-refractivity contribution in [3.05, 3.63) is 59.2 Å². The van der Waals surface area contributed by atoms with E-state index in [0.29, 0.717) is 17.0 Å². The fourth-order valence-electron chi connectivity index (χ4n) is 4.31. The number of halogens is 2. The smallest absolute Gasteiger partial charge is 0.326 e. The molecule has 0 atom stereocenters. The highest BCUT2D eigenvalue weighted by molar-refractivity contribution is 6.17. The molecule has 6 nitrogen and oxygen atoms in total. The first kappa shape index (κ1) is 19.9. The van der Waals surface area contributed by atoms with Crippen molar-refractivity contribution >= 4 is 28.5 Å². The Balaban J connectivity index is 1.85. The minimum absolute atomic E-state index is 0.181. The summed E-state index contributed by atoms with van der Waals surface area (Å²) in [4.78, 5) is 25.1. The van der Waals surface area contributed by atoms with Gasteiger partial charge in [0.05, 0.1) is 11.2 Å². The maximum absolute atomic E-state index is 14.0. The number of anilines is 1. The molecule has 1 aliphatic carbocycles. The molecule has 0 unspecified atom stereocenters. The van der Waals surface area contributed by atoms with Crippen LogP contribution in [0.2, 0.25) is 0 Å². The van der Waals surface area contributed by atoms with Gasteiger partial charge in [0, 0.05) is 11.5 Å². The molecular formula is C22H21F2N3O3. The molecule has 0 radical (unpaired) electrons. The molecule has 1 fully saturated rings. The zero-order chi connectivity index (χ0) is 21.4. The molecule has 0 bridgehead atoms. The lowest BCUT2D eigenvalue weighted by Gasteiger charge is -2.23. The van der Waals surface area contributed by atoms with Gasteiger partial charge in [-0.05, 0) is 36.5 Å². The first-order valence-corrected chi connectivity index (χ1v) is 9.81. The number of hydrogen-bond acceptors (Lipinski definition) is 3. The highest BCUT2D eigenvalue weighted by Gasteiger charge is 2.29. The molecule has 1 aromatic heterocycles. The number of fused-ring (bicyclic) bond motifs is 1. The first-order valence-electron chi connectivity index (χ1n) is 9.81. The van der Waals surface area contributed by atoms with Crippen LogP contribution in [-0.4, -0.2) is 21.6 Å². The SMILES string of the molecule is NC(=O)n1c(O)c(C(=O)Nc2ccc(F)cc2F)c2cccc(C3CCCCC3)c21. The number of carbonyl (C=O) groups is 2. The summed E-state index contributed by atoms with van der Waals surface area (Å²) in [7, 11) is 0. The monoisotopic (exact) mass is 413 g/mol. The summed E-state index contributed by atoms with van der Waals surface area (Å²) in [6.45, 7) is 0. The maximum atomic E-state index is 14.0. The number of nitrogens with two attached hydrogens (primary N) is 1.